The number of ether oxygens (including phenoxy) is 3. The van der Waals surface area contributed by atoms with Gasteiger partial charge in [0.15, 0.2) is 0 Å². The normalized spacial score (nSPS) is 18.3. The van der Waals surface area contributed by atoms with Crippen LogP contribution in [-0.4, -0.2) is 80.9 Å². The smallest absolute Gasteiger partial charge is 0.328 e. The summed E-state index contributed by atoms with van der Waals surface area (Å²) in [6.45, 7) is 13.4. The van der Waals surface area contributed by atoms with E-state index in [-0.39, 0.29) is 55.1 Å². The SMILES string of the molecule is C.COC(=O)[C@@H](CC(C)C)N1CC[C@@](N)(c2ccc(OCc3cc(C)nc4ccccc34)cc2)C1=O.Cc1cc(COc2ccc([C@]3(N)CCN([C@H](CC(C)C)C(=O)NO)C3=O)cc2)c2ccccc2n1.I. The lowest BCUT2D eigenvalue weighted by molar-refractivity contribution is -0.153. The topological polar surface area (TPSA) is 213 Å². The maximum absolute atomic E-state index is 13.4. The Hall–Kier alpha value is -6.21. The van der Waals surface area contributed by atoms with Crippen molar-refractivity contribution in [3.63, 3.8) is 0 Å². The highest BCUT2D eigenvalue weighted by atomic mass is 127. The number of aromatic nitrogens is 2. The second kappa shape index (κ2) is 24.5. The van der Waals surface area contributed by atoms with Crippen molar-refractivity contribution in [3.8, 4) is 11.5 Å². The van der Waals surface area contributed by atoms with Crippen LogP contribution in [-0.2, 0) is 48.2 Å². The van der Waals surface area contributed by atoms with E-state index in [4.69, 9.17) is 30.9 Å². The van der Waals surface area contributed by atoms with Gasteiger partial charge in [-0.2, -0.15) is 0 Å². The van der Waals surface area contributed by atoms with E-state index in [2.05, 4.69) is 9.97 Å². The average molecular weight is 1100 g/mol. The number of methoxy groups -OCH3 is 1. The first-order chi connectivity index (χ1) is 33.4. The van der Waals surface area contributed by atoms with Gasteiger partial charge in [-0.15, -0.1) is 24.0 Å². The number of hydrogen-bond donors (Lipinski definition) is 4. The van der Waals surface area contributed by atoms with Gasteiger partial charge in [0.25, 0.3) is 5.91 Å². The number of carbonyl (C=O) groups is 4. The lowest BCUT2D eigenvalue weighted by Crippen LogP contribution is -2.52. The van der Waals surface area contributed by atoms with Crippen LogP contribution in [0.3, 0.4) is 0 Å². The Morgan fingerprint density at radius 1 is 0.667 bits per heavy atom. The number of aryl methyl sites for hydroxylation is 2. The summed E-state index contributed by atoms with van der Waals surface area (Å²) in [6.07, 6.45) is 1.77. The highest BCUT2D eigenvalue weighted by molar-refractivity contribution is 14.0. The van der Waals surface area contributed by atoms with Crippen LogP contribution in [0.1, 0.15) is 94.4 Å². The number of hydroxylamine groups is 1. The van der Waals surface area contributed by atoms with Crippen LogP contribution in [0.25, 0.3) is 21.8 Å². The molecule has 0 bridgehead atoms. The quantitative estimate of drug-likeness (QED) is 0.0310. The number of halogens is 1. The van der Waals surface area contributed by atoms with Gasteiger partial charge in [0, 0.05) is 46.4 Å². The molecule has 6 N–H and O–H groups in total. The van der Waals surface area contributed by atoms with Crippen molar-refractivity contribution < 1.29 is 38.6 Å². The first-order valence-electron chi connectivity index (χ1n) is 23.8. The van der Waals surface area contributed by atoms with Gasteiger partial charge in [-0.25, -0.2) is 10.3 Å². The fraction of sp³-hybridized carbons (Fsp3) is 0.393. The number of amides is 3. The molecule has 4 atom stereocenters. The van der Waals surface area contributed by atoms with Crippen LogP contribution in [0.5, 0.6) is 11.5 Å². The van der Waals surface area contributed by atoms with Crippen LogP contribution in [0.2, 0.25) is 0 Å². The fourth-order valence-corrected chi connectivity index (χ4v) is 9.53. The van der Waals surface area contributed by atoms with Crippen molar-refractivity contribution in [1.29, 1.82) is 0 Å². The minimum atomic E-state index is -1.23. The summed E-state index contributed by atoms with van der Waals surface area (Å²) in [5, 5.41) is 11.3. The number of pyridine rings is 2. The van der Waals surface area contributed by atoms with Gasteiger partial charge in [0.1, 0.15) is 47.9 Å². The molecule has 2 aliphatic rings. The number of hydrogen-bond acceptors (Lipinski definition) is 12. The van der Waals surface area contributed by atoms with Gasteiger partial charge in [0.05, 0.1) is 18.1 Å². The molecular formula is C56H70IN7O8. The molecule has 0 unspecified atom stereocenters. The largest absolute Gasteiger partial charge is 0.489 e. The minimum absolute atomic E-state index is 0. The van der Waals surface area contributed by atoms with E-state index in [0.29, 0.717) is 74.6 Å². The number of nitrogens with zero attached hydrogens (tertiary/aromatic N) is 4. The molecule has 0 radical (unpaired) electrons. The maximum Gasteiger partial charge on any atom is 0.328 e. The monoisotopic (exact) mass is 1100 g/mol. The van der Waals surface area contributed by atoms with Crippen molar-refractivity contribution in [2.24, 2.45) is 23.3 Å². The number of likely N-dealkylation sites (tertiary alicyclic amines) is 2. The standard InChI is InChI=1S/C28H33N3O4.C27H32N4O4.CH4.HI/c1-18(2)15-25(26(32)34-4)31-14-13-28(29,27(31)33)21-9-11-22(12-10-21)35-17-20-16-19(3)30-24-8-6-5-7-23(20)24;1-17(2)14-24(25(32)30-34)31-13-12-27(28,26(31)33)20-8-10-21(11-9-20)35-16-19-15-18(3)29-23-7-5-4-6-22(19)23;;/h5-12,16,18,25H,13-15,17,29H2,1-4H3;4-11,15,17,24,34H,12-14,16,28H2,1-3H3,(H,30,32);1H4;1H/t25-,28-;24-,27-;;/m11../s1. The zero-order valence-electron chi connectivity index (χ0n) is 41.5. The van der Waals surface area contributed by atoms with Crippen LogP contribution in [0, 0.1) is 25.7 Å². The van der Waals surface area contributed by atoms with Crippen molar-refractivity contribution in [2.75, 3.05) is 20.2 Å². The Morgan fingerprint density at radius 2 is 1.06 bits per heavy atom. The highest BCUT2D eigenvalue weighted by Gasteiger charge is 2.50. The lowest BCUT2D eigenvalue weighted by Gasteiger charge is -2.30. The maximum atomic E-state index is 13.4. The molecule has 16 heteroatoms. The summed E-state index contributed by atoms with van der Waals surface area (Å²) in [7, 11) is 1.35. The fourth-order valence-electron chi connectivity index (χ4n) is 9.53. The molecule has 0 saturated carbocycles. The van der Waals surface area contributed by atoms with E-state index in [1.807, 2.05) is 139 Å². The molecule has 6 aromatic rings. The van der Waals surface area contributed by atoms with Crippen molar-refractivity contribution in [3.05, 3.63) is 143 Å². The van der Waals surface area contributed by atoms with E-state index < -0.39 is 35.0 Å². The summed E-state index contributed by atoms with van der Waals surface area (Å²) < 4.78 is 17.1. The number of benzene rings is 4. The molecule has 0 spiro atoms. The minimum Gasteiger partial charge on any atom is -0.489 e. The number of para-hydroxylation sites is 2. The third kappa shape index (κ3) is 12.5. The molecule has 2 aliphatic heterocycles. The van der Waals surface area contributed by atoms with E-state index in [1.54, 1.807) is 22.5 Å². The summed E-state index contributed by atoms with van der Waals surface area (Å²) in [6, 6.07) is 33.2. The molecule has 72 heavy (non-hydrogen) atoms. The van der Waals surface area contributed by atoms with Gasteiger partial charge >= 0.3 is 5.97 Å². The first-order valence-corrected chi connectivity index (χ1v) is 23.8. The van der Waals surface area contributed by atoms with Crippen LogP contribution in [0.15, 0.2) is 109 Å². The van der Waals surface area contributed by atoms with Crippen LogP contribution in [0.4, 0.5) is 0 Å². The first kappa shape index (κ1) is 56.7. The van der Waals surface area contributed by atoms with Crippen molar-refractivity contribution >= 4 is 69.5 Å². The number of fused-ring (bicyclic) bond motifs is 2. The number of esters is 1. The third-order valence-corrected chi connectivity index (χ3v) is 13.2. The van der Waals surface area contributed by atoms with Crippen molar-refractivity contribution in [1.82, 2.24) is 25.2 Å². The Labute approximate surface area is 440 Å². The Balaban J connectivity index is 0.000000260. The summed E-state index contributed by atoms with van der Waals surface area (Å²) in [5.74, 6) is 0.173. The van der Waals surface area contributed by atoms with E-state index in [1.165, 1.54) is 12.0 Å². The number of nitrogens with one attached hydrogen (secondary N) is 1. The highest BCUT2D eigenvalue weighted by Crippen LogP contribution is 2.36. The molecule has 4 heterocycles. The lowest BCUT2D eigenvalue weighted by atomic mass is 9.89. The van der Waals surface area contributed by atoms with Gasteiger partial charge in [-0.05, 0) is 111 Å². The number of carbonyl (C=O) groups excluding carboxylic acids is 4. The average Bonchev–Trinajstić information content (AvgIpc) is 3.83. The third-order valence-electron chi connectivity index (χ3n) is 13.2. The summed E-state index contributed by atoms with van der Waals surface area (Å²) in [4.78, 5) is 63.5. The van der Waals surface area contributed by atoms with Gasteiger partial charge in [0.2, 0.25) is 11.8 Å². The Kier molecular flexibility index (Phi) is 19.3. The van der Waals surface area contributed by atoms with Gasteiger partial charge < -0.3 is 35.5 Å². The zero-order chi connectivity index (χ0) is 50.3. The molecule has 2 fully saturated rings. The summed E-state index contributed by atoms with van der Waals surface area (Å²) in [5.41, 5.74) is 19.7. The van der Waals surface area contributed by atoms with Crippen LogP contribution >= 0.6 is 24.0 Å². The van der Waals surface area contributed by atoms with E-state index >= 15 is 0 Å². The predicted molar refractivity (Wildman–Crippen MR) is 289 cm³/mol. The number of nitrogens with two attached hydrogens (primary N) is 2. The summed E-state index contributed by atoms with van der Waals surface area (Å²) >= 11 is 0. The van der Waals surface area contributed by atoms with Gasteiger partial charge in [-0.1, -0.05) is 95.8 Å². The van der Waals surface area contributed by atoms with Crippen LogP contribution < -0.4 is 26.4 Å². The molecular weight excluding hydrogens is 1030 g/mol. The molecule has 0 aliphatic carbocycles. The molecule has 15 nitrogen and oxygen atoms in total. The molecule has 384 valence electrons. The molecule has 4 aromatic carbocycles. The zero-order valence-corrected chi connectivity index (χ0v) is 43.8. The molecule has 2 aromatic heterocycles. The Bertz CT molecular complexity index is 2650. The van der Waals surface area contributed by atoms with E-state index in [9.17, 15) is 19.2 Å². The second-order valence-electron chi connectivity index (χ2n) is 19.2. The second-order valence-corrected chi connectivity index (χ2v) is 19.2. The van der Waals surface area contributed by atoms with Crippen molar-refractivity contribution in [2.45, 2.75) is 111 Å². The van der Waals surface area contributed by atoms with Gasteiger partial charge in [-0.3, -0.25) is 29.6 Å². The molecule has 2 saturated heterocycles. The predicted octanol–water partition coefficient (Wildman–Crippen LogP) is 8.78. The number of rotatable bonds is 16. The molecule has 3 amide bonds. The molecule has 8 rings (SSSR count). The van der Waals surface area contributed by atoms with E-state index in [0.717, 1.165) is 44.3 Å². The Morgan fingerprint density at radius 3 is 1.44 bits per heavy atom.